The molecule has 0 fully saturated rings. The summed E-state index contributed by atoms with van der Waals surface area (Å²) in [4.78, 5) is 26.1. The highest BCUT2D eigenvalue weighted by atomic mass is 16.3. The molecule has 1 aromatic carbocycles. The second-order valence-electron chi connectivity index (χ2n) is 4.61. The minimum Gasteiger partial charge on any atom is -0.396 e. The SMILES string of the molecule is CC(CCO)NC(=O)c1ccc2c(c1)[nH]c(=O)n2C. The summed E-state index contributed by atoms with van der Waals surface area (Å²) in [6.45, 7) is 1.86. The Bertz CT molecular complexity index is 657. The topological polar surface area (TPSA) is 87.1 Å². The first-order valence-electron chi connectivity index (χ1n) is 6.13. The van der Waals surface area contributed by atoms with Crippen molar-refractivity contribution >= 4 is 16.9 Å². The molecule has 6 nitrogen and oxygen atoms in total. The van der Waals surface area contributed by atoms with Crippen LogP contribution >= 0.6 is 0 Å². The van der Waals surface area contributed by atoms with E-state index in [0.717, 1.165) is 5.52 Å². The molecule has 2 aromatic rings. The maximum atomic E-state index is 12.0. The lowest BCUT2D eigenvalue weighted by Gasteiger charge is -2.12. The number of nitrogens with one attached hydrogen (secondary N) is 2. The van der Waals surface area contributed by atoms with Crippen LogP contribution in [0, 0.1) is 0 Å². The minimum atomic E-state index is -0.215. The number of carbonyl (C=O) groups is 1. The fourth-order valence-corrected chi connectivity index (χ4v) is 1.95. The number of aliphatic hydroxyl groups excluding tert-OH is 1. The van der Waals surface area contributed by atoms with Crippen LogP contribution in [0.15, 0.2) is 23.0 Å². The van der Waals surface area contributed by atoms with Crippen LogP contribution in [0.4, 0.5) is 0 Å². The van der Waals surface area contributed by atoms with Gasteiger partial charge in [-0.15, -0.1) is 0 Å². The summed E-state index contributed by atoms with van der Waals surface area (Å²) in [5.41, 5.74) is 1.67. The van der Waals surface area contributed by atoms with Crippen LogP contribution in [0.25, 0.3) is 11.0 Å². The zero-order valence-corrected chi connectivity index (χ0v) is 10.9. The summed E-state index contributed by atoms with van der Waals surface area (Å²) in [7, 11) is 1.67. The molecule has 102 valence electrons. The van der Waals surface area contributed by atoms with Crippen molar-refractivity contribution in [3.05, 3.63) is 34.2 Å². The van der Waals surface area contributed by atoms with Crippen molar-refractivity contribution < 1.29 is 9.90 Å². The van der Waals surface area contributed by atoms with Crippen molar-refractivity contribution in [2.75, 3.05) is 6.61 Å². The second kappa shape index (κ2) is 5.27. The number of benzene rings is 1. The van der Waals surface area contributed by atoms with Crippen LogP contribution in [-0.4, -0.2) is 33.2 Å². The number of aryl methyl sites for hydroxylation is 1. The molecule has 1 aromatic heterocycles. The van der Waals surface area contributed by atoms with Crippen molar-refractivity contribution in [1.82, 2.24) is 14.9 Å². The molecule has 6 heteroatoms. The molecule has 1 amide bonds. The van der Waals surface area contributed by atoms with Gasteiger partial charge in [-0.1, -0.05) is 0 Å². The molecule has 1 unspecified atom stereocenters. The normalized spacial score (nSPS) is 12.6. The number of aliphatic hydroxyl groups is 1. The van der Waals surface area contributed by atoms with E-state index in [1.807, 2.05) is 6.92 Å². The van der Waals surface area contributed by atoms with E-state index in [2.05, 4.69) is 10.3 Å². The van der Waals surface area contributed by atoms with E-state index in [1.165, 1.54) is 4.57 Å². The number of hydrogen-bond acceptors (Lipinski definition) is 3. The summed E-state index contributed by atoms with van der Waals surface area (Å²) in [5.74, 6) is -0.215. The van der Waals surface area contributed by atoms with Gasteiger partial charge in [-0.25, -0.2) is 4.79 Å². The van der Waals surface area contributed by atoms with Gasteiger partial charge in [0.1, 0.15) is 0 Å². The molecular weight excluding hydrogens is 246 g/mol. The zero-order chi connectivity index (χ0) is 14.0. The summed E-state index contributed by atoms with van der Waals surface area (Å²) >= 11 is 0. The Balaban J connectivity index is 2.26. The molecule has 0 radical (unpaired) electrons. The number of fused-ring (bicyclic) bond motifs is 1. The number of amides is 1. The third-order valence-electron chi connectivity index (χ3n) is 3.11. The van der Waals surface area contributed by atoms with Crippen LogP contribution in [0.5, 0.6) is 0 Å². The number of H-pyrrole nitrogens is 1. The Kier molecular flexibility index (Phi) is 3.71. The Labute approximate surface area is 110 Å². The molecule has 19 heavy (non-hydrogen) atoms. The molecule has 0 aliphatic rings. The van der Waals surface area contributed by atoms with Crippen molar-refractivity contribution in [2.45, 2.75) is 19.4 Å². The van der Waals surface area contributed by atoms with Crippen molar-refractivity contribution in [1.29, 1.82) is 0 Å². The van der Waals surface area contributed by atoms with Crippen LogP contribution < -0.4 is 11.0 Å². The van der Waals surface area contributed by atoms with Gasteiger partial charge in [0.25, 0.3) is 5.91 Å². The van der Waals surface area contributed by atoms with E-state index in [0.29, 0.717) is 17.5 Å². The summed E-state index contributed by atoms with van der Waals surface area (Å²) in [6.07, 6.45) is 0.510. The third kappa shape index (κ3) is 2.68. The van der Waals surface area contributed by atoms with Gasteiger partial charge < -0.3 is 15.4 Å². The predicted molar refractivity (Wildman–Crippen MR) is 72.2 cm³/mol. The Hall–Kier alpha value is -2.08. The molecule has 2 rings (SSSR count). The van der Waals surface area contributed by atoms with Gasteiger partial charge in [-0.3, -0.25) is 9.36 Å². The highest BCUT2D eigenvalue weighted by Crippen LogP contribution is 2.12. The van der Waals surface area contributed by atoms with Gasteiger partial charge in [0, 0.05) is 25.3 Å². The maximum absolute atomic E-state index is 12.0. The molecule has 0 aliphatic carbocycles. The van der Waals surface area contributed by atoms with Gasteiger partial charge in [-0.05, 0) is 31.5 Å². The fraction of sp³-hybridized carbons (Fsp3) is 0.385. The van der Waals surface area contributed by atoms with E-state index in [9.17, 15) is 9.59 Å². The smallest absolute Gasteiger partial charge is 0.326 e. The highest BCUT2D eigenvalue weighted by molar-refractivity contribution is 5.97. The van der Waals surface area contributed by atoms with Gasteiger partial charge in [-0.2, -0.15) is 0 Å². The molecule has 0 bridgehead atoms. The van der Waals surface area contributed by atoms with Crippen molar-refractivity contribution in [2.24, 2.45) is 7.05 Å². The lowest BCUT2D eigenvalue weighted by molar-refractivity contribution is 0.0934. The van der Waals surface area contributed by atoms with E-state index in [-0.39, 0.29) is 24.2 Å². The quantitative estimate of drug-likeness (QED) is 0.744. The van der Waals surface area contributed by atoms with E-state index in [1.54, 1.807) is 25.2 Å². The molecule has 1 atom stereocenters. The average Bonchev–Trinajstić information content (AvgIpc) is 2.65. The monoisotopic (exact) mass is 263 g/mol. The first kappa shape index (κ1) is 13.4. The number of carbonyl (C=O) groups excluding carboxylic acids is 1. The summed E-state index contributed by atoms with van der Waals surface area (Å²) < 4.78 is 1.49. The number of aromatic nitrogens is 2. The van der Waals surface area contributed by atoms with Gasteiger partial charge in [0.15, 0.2) is 0 Å². The average molecular weight is 263 g/mol. The molecule has 0 aliphatic heterocycles. The Morgan fingerprint density at radius 3 is 2.95 bits per heavy atom. The standard InChI is InChI=1S/C13H17N3O3/c1-8(5-6-17)14-12(18)9-3-4-11-10(7-9)15-13(19)16(11)2/h3-4,7-8,17H,5-6H2,1-2H3,(H,14,18)(H,15,19). The molecule has 0 spiro atoms. The van der Waals surface area contributed by atoms with Crippen molar-refractivity contribution in [3.63, 3.8) is 0 Å². The molecule has 0 saturated carbocycles. The lowest BCUT2D eigenvalue weighted by Crippen LogP contribution is -2.33. The Morgan fingerprint density at radius 1 is 1.53 bits per heavy atom. The summed E-state index contributed by atoms with van der Waals surface area (Å²) in [6, 6.07) is 4.97. The largest absolute Gasteiger partial charge is 0.396 e. The maximum Gasteiger partial charge on any atom is 0.326 e. The third-order valence-corrected chi connectivity index (χ3v) is 3.11. The fourth-order valence-electron chi connectivity index (χ4n) is 1.95. The number of imidazole rings is 1. The minimum absolute atomic E-state index is 0.0342. The van der Waals surface area contributed by atoms with Crippen molar-refractivity contribution in [3.8, 4) is 0 Å². The second-order valence-corrected chi connectivity index (χ2v) is 4.61. The molecular formula is C13H17N3O3. The van der Waals surface area contributed by atoms with Crippen LogP contribution in [-0.2, 0) is 7.05 Å². The highest BCUT2D eigenvalue weighted by Gasteiger charge is 2.11. The molecule has 0 saturated heterocycles. The van der Waals surface area contributed by atoms with Gasteiger partial charge >= 0.3 is 5.69 Å². The Morgan fingerprint density at radius 2 is 2.26 bits per heavy atom. The van der Waals surface area contributed by atoms with Crippen LogP contribution in [0.2, 0.25) is 0 Å². The van der Waals surface area contributed by atoms with E-state index in [4.69, 9.17) is 5.11 Å². The predicted octanol–water partition coefficient (Wildman–Crippen LogP) is 0.367. The zero-order valence-electron chi connectivity index (χ0n) is 10.9. The van der Waals surface area contributed by atoms with Crippen LogP contribution in [0.1, 0.15) is 23.7 Å². The molecule has 3 N–H and O–H groups in total. The van der Waals surface area contributed by atoms with Gasteiger partial charge in [0.2, 0.25) is 0 Å². The van der Waals surface area contributed by atoms with E-state index < -0.39 is 0 Å². The molecule has 1 heterocycles. The number of hydrogen-bond donors (Lipinski definition) is 3. The number of aromatic amines is 1. The first-order valence-corrected chi connectivity index (χ1v) is 6.13. The van der Waals surface area contributed by atoms with E-state index >= 15 is 0 Å². The lowest BCUT2D eigenvalue weighted by atomic mass is 10.1. The van der Waals surface area contributed by atoms with Gasteiger partial charge in [0.05, 0.1) is 11.0 Å². The number of rotatable bonds is 4. The number of nitrogens with zero attached hydrogens (tertiary/aromatic N) is 1. The summed E-state index contributed by atoms with van der Waals surface area (Å²) in [5, 5.41) is 11.6. The van der Waals surface area contributed by atoms with Crippen LogP contribution in [0.3, 0.4) is 0 Å². The first-order chi connectivity index (χ1) is 9.02.